The molecule has 4 atom stereocenters. The van der Waals surface area contributed by atoms with Crippen molar-refractivity contribution in [1.82, 2.24) is 10.2 Å². The van der Waals surface area contributed by atoms with Gasteiger partial charge in [-0.2, -0.15) is 0 Å². The Morgan fingerprint density at radius 3 is 3.12 bits per heavy atom. The Bertz CT molecular complexity index is 336. The van der Waals surface area contributed by atoms with Gasteiger partial charge >= 0.3 is 0 Å². The molecule has 2 aliphatic heterocycles. The molecule has 88 valence electrons. The molecule has 4 unspecified atom stereocenters. The highest BCUT2D eigenvalue weighted by Crippen LogP contribution is 2.29. The molecule has 2 aliphatic rings. The molecule has 0 aromatic carbocycles. The molecule has 0 amide bonds. The molecular weight excluding hydrogens is 216 g/mol. The van der Waals surface area contributed by atoms with Crippen LogP contribution in [-0.2, 0) is 0 Å². The van der Waals surface area contributed by atoms with Crippen molar-refractivity contribution in [2.75, 3.05) is 19.6 Å². The summed E-state index contributed by atoms with van der Waals surface area (Å²) < 4.78 is 0. The van der Waals surface area contributed by atoms with E-state index < -0.39 is 0 Å². The largest absolute Gasteiger partial charge is 0.306 e. The smallest absolute Gasteiger partial charge is 0.0388 e. The second kappa shape index (κ2) is 4.47. The maximum Gasteiger partial charge on any atom is 0.0388 e. The third kappa shape index (κ3) is 2.04. The average Bonchev–Trinajstić information content (AvgIpc) is 2.93. The number of hydrogen-bond acceptors (Lipinski definition) is 3. The zero-order chi connectivity index (χ0) is 11.0. The van der Waals surface area contributed by atoms with Gasteiger partial charge < -0.3 is 10.2 Å². The fourth-order valence-corrected chi connectivity index (χ4v) is 3.86. The third-order valence-electron chi connectivity index (χ3n) is 4.07. The summed E-state index contributed by atoms with van der Waals surface area (Å²) in [6.07, 6.45) is 2.73. The first kappa shape index (κ1) is 10.8. The van der Waals surface area contributed by atoms with Crippen LogP contribution in [0.25, 0.3) is 0 Å². The van der Waals surface area contributed by atoms with Crippen molar-refractivity contribution >= 4 is 11.3 Å². The van der Waals surface area contributed by atoms with E-state index in [1.54, 1.807) is 0 Å². The van der Waals surface area contributed by atoms with Crippen LogP contribution in [0.15, 0.2) is 17.5 Å². The molecule has 0 radical (unpaired) electrons. The van der Waals surface area contributed by atoms with Crippen LogP contribution in [0.1, 0.15) is 30.7 Å². The molecule has 0 spiro atoms. The minimum atomic E-state index is 0.525. The molecule has 3 heterocycles. The van der Waals surface area contributed by atoms with Crippen molar-refractivity contribution in [3.8, 4) is 0 Å². The second-order valence-corrected chi connectivity index (χ2v) is 6.13. The predicted octanol–water partition coefficient (Wildman–Crippen LogP) is 2.49. The van der Waals surface area contributed by atoms with Gasteiger partial charge in [0, 0.05) is 23.5 Å². The van der Waals surface area contributed by atoms with Crippen molar-refractivity contribution in [1.29, 1.82) is 0 Å². The number of rotatable bonds is 3. The van der Waals surface area contributed by atoms with Crippen molar-refractivity contribution in [2.45, 2.75) is 31.8 Å². The molecule has 3 rings (SSSR count). The molecule has 0 saturated carbocycles. The number of thiophene rings is 1. The lowest BCUT2D eigenvalue weighted by Crippen LogP contribution is -2.44. The van der Waals surface area contributed by atoms with Crippen molar-refractivity contribution in [3.63, 3.8) is 0 Å². The minimum Gasteiger partial charge on any atom is -0.306 e. The van der Waals surface area contributed by atoms with Gasteiger partial charge in [-0.1, -0.05) is 6.07 Å². The Balaban J connectivity index is 1.62. The molecule has 0 aliphatic carbocycles. The summed E-state index contributed by atoms with van der Waals surface area (Å²) in [6, 6.07) is 5.66. The van der Waals surface area contributed by atoms with Crippen LogP contribution in [0.4, 0.5) is 0 Å². The molecular formula is C13H20N2S. The van der Waals surface area contributed by atoms with E-state index in [1.165, 1.54) is 37.4 Å². The van der Waals surface area contributed by atoms with Crippen LogP contribution in [0.5, 0.6) is 0 Å². The average molecular weight is 236 g/mol. The standard InChI is InChI=1S/C13H20N2S/c1-10(13-3-2-8-16-13)14-12-5-7-15-6-4-11(12)9-15/h2-3,8,10-12,14H,4-7,9H2,1H3. The second-order valence-electron chi connectivity index (χ2n) is 5.15. The Hall–Kier alpha value is -0.380. The summed E-state index contributed by atoms with van der Waals surface area (Å²) >= 11 is 1.87. The molecule has 2 fully saturated rings. The minimum absolute atomic E-state index is 0.525. The first-order chi connectivity index (χ1) is 7.83. The SMILES string of the molecule is CC(NC1CCN2CCC1C2)c1cccs1. The Morgan fingerprint density at radius 1 is 1.44 bits per heavy atom. The topological polar surface area (TPSA) is 15.3 Å². The summed E-state index contributed by atoms with van der Waals surface area (Å²) in [5.74, 6) is 0.899. The highest BCUT2D eigenvalue weighted by Gasteiger charge is 2.34. The van der Waals surface area contributed by atoms with Gasteiger partial charge in [-0.3, -0.25) is 0 Å². The van der Waals surface area contributed by atoms with Crippen LogP contribution < -0.4 is 5.32 Å². The van der Waals surface area contributed by atoms with Gasteiger partial charge in [-0.25, -0.2) is 0 Å². The molecule has 16 heavy (non-hydrogen) atoms. The van der Waals surface area contributed by atoms with Gasteiger partial charge in [0.05, 0.1) is 0 Å². The molecule has 1 aromatic heterocycles. The molecule has 2 nitrogen and oxygen atoms in total. The van der Waals surface area contributed by atoms with Crippen LogP contribution in [0.3, 0.4) is 0 Å². The summed E-state index contributed by atoms with van der Waals surface area (Å²) in [4.78, 5) is 4.08. The summed E-state index contributed by atoms with van der Waals surface area (Å²) in [5.41, 5.74) is 0. The first-order valence-corrected chi connectivity index (χ1v) is 7.22. The highest BCUT2D eigenvalue weighted by atomic mass is 32.1. The van der Waals surface area contributed by atoms with Gasteiger partial charge in [0.1, 0.15) is 0 Å². The Labute approximate surface area is 102 Å². The molecule has 1 aromatic rings. The summed E-state index contributed by atoms with van der Waals surface area (Å²) in [5, 5.41) is 6.00. The maximum absolute atomic E-state index is 3.83. The zero-order valence-corrected chi connectivity index (χ0v) is 10.7. The third-order valence-corrected chi connectivity index (χ3v) is 5.12. The van der Waals surface area contributed by atoms with E-state index in [0.29, 0.717) is 6.04 Å². The number of nitrogens with one attached hydrogen (secondary N) is 1. The van der Waals surface area contributed by atoms with E-state index in [9.17, 15) is 0 Å². The van der Waals surface area contributed by atoms with E-state index in [2.05, 4.69) is 34.7 Å². The van der Waals surface area contributed by atoms with Gasteiger partial charge in [0.15, 0.2) is 0 Å². The Kier molecular flexibility index (Phi) is 3.01. The highest BCUT2D eigenvalue weighted by molar-refractivity contribution is 7.10. The monoisotopic (exact) mass is 236 g/mol. The van der Waals surface area contributed by atoms with E-state index in [0.717, 1.165) is 12.0 Å². The zero-order valence-electron chi connectivity index (χ0n) is 9.86. The number of fused-ring (bicyclic) bond motifs is 2. The van der Waals surface area contributed by atoms with E-state index >= 15 is 0 Å². The lowest BCUT2D eigenvalue weighted by molar-refractivity contribution is 0.212. The lowest BCUT2D eigenvalue weighted by atomic mass is 9.93. The maximum atomic E-state index is 3.83. The predicted molar refractivity (Wildman–Crippen MR) is 68.8 cm³/mol. The molecule has 2 bridgehead atoms. The molecule has 3 heteroatoms. The fourth-order valence-electron chi connectivity index (χ4n) is 3.11. The van der Waals surface area contributed by atoms with Crippen molar-refractivity contribution in [2.24, 2.45) is 5.92 Å². The van der Waals surface area contributed by atoms with Crippen molar-refractivity contribution in [3.05, 3.63) is 22.4 Å². The number of nitrogens with zero attached hydrogens (tertiary/aromatic N) is 1. The van der Waals surface area contributed by atoms with Crippen LogP contribution in [0, 0.1) is 5.92 Å². The lowest BCUT2D eigenvalue weighted by Gasteiger charge is -2.33. The van der Waals surface area contributed by atoms with E-state index in [1.807, 2.05) is 11.3 Å². The van der Waals surface area contributed by atoms with E-state index in [4.69, 9.17) is 0 Å². The van der Waals surface area contributed by atoms with E-state index in [-0.39, 0.29) is 0 Å². The molecule has 1 N–H and O–H groups in total. The fraction of sp³-hybridized carbons (Fsp3) is 0.692. The first-order valence-electron chi connectivity index (χ1n) is 6.35. The quantitative estimate of drug-likeness (QED) is 0.867. The number of hydrogen-bond donors (Lipinski definition) is 1. The van der Waals surface area contributed by atoms with Gasteiger partial charge in [0.2, 0.25) is 0 Å². The molecule has 2 saturated heterocycles. The van der Waals surface area contributed by atoms with Crippen LogP contribution in [0.2, 0.25) is 0 Å². The normalized spacial score (nSPS) is 35.2. The van der Waals surface area contributed by atoms with Gasteiger partial charge in [-0.05, 0) is 50.2 Å². The Morgan fingerprint density at radius 2 is 2.31 bits per heavy atom. The number of piperidine rings is 1. The van der Waals surface area contributed by atoms with Gasteiger partial charge in [0.25, 0.3) is 0 Å². The van der Waals surface area contributed by atoms with Crippen LogP contribution >= 0.6 is 11.3 Å². The summed E-state index contributed by atoms with van der Waals surface area (Å²) in [7, 11) is 0. The summed E-state index contributed by atoms with van der Waals surface area (Å²) in [6.45, 7) is 6.25. The van der Waals surface area contributed by atoms with Crippen LogP contribution in [-0.4, -0.2) is 30.6 Å². The van der Waals surface area contributed by atoms with Gasteiger partial charge in [-0.15, -0.1) is 11.3 Å². The van der Waals surface area contributed by atoms with Crippen molar-refractivity contribution < 1.29 is 0 Å².